The van der Waals surface area contributed by atoms with Crippen molar-refractivity contribution < 1.29 is 9.59 Å². The number of unbranched alkanes of at least 4 members (excludes halogenated alkanes) is 1. The summed E-state index contributed by atoms with van der Waals surface area (Å²) in [5.41, 5.74) is 6.15. The molecule has 1 aromatic heterocycles. The van der Waals surface area contributed by atoms with Gasteiger partial charge in [-0.2, -0.15) is 0 Å². The zero-order valence-corrected chi connectivity index (χ0v) is 20.7. The van der Waals surface area contributed by atoms with Crippen LogP contribution in [0.15, 0.2) is 66.0 Å². The molecule has 0 bridgehead atoms. The van der Waals surface area contributed by atoms with Crippen molar-refractivity contribution in [2.75, 3.05) is 19.6 Å². The Morgan fingerprint density at radius 3 is 2.40 bits per heavy atom. The van der Waals surface area contributed by atoms with E-state index in [1.165, 1.54) is 28.2 Å². The topological polar surface area (TPSA) is 65.5 Å². The van der Waals surface area contributed by atoms with Gasteiger partial charge in [0.15, 0.2) is 0 Å². The van der Waals surface area contributed by atoms with Crippen LogP contribution in [0.4, 0.5) is 0 Å². The van der Waals surface area contributed by atoms with Gasteiger partial charge in [0.2, 0.25) is 0 Å². The second-order valence-corrected chi connectivity index (χ2v) is 9.84. The minimum Gasteiger partial charge on any atom is -0.370 e. The van der Waals surface area contributed by atoms with Gasteiger partial charge in [-0.05, 0) is 75.3 Å². The van der Waals surface area contributed by atoms with Crippen molar-refractivity contribution in [1.82, 2.24) is 20.1 Å². The average Bonchev–Trinajstić information content (AvgIpc) is 3.12. The summed E-state index contributed by atoms with van der Waals surface area (Å²) in [5, 5.41) is 3.90. The number of benzene rings is 1. The minimum absolute atomic E-state index is 0.162. The number of carbonyl (C=O) groups is 2. The van der Waals surface area contributed by atoms with Gasteiger partial charge in [-0.3, -0.25) is 19.5 Å². The molecule has 2 atom stereocenters. The lowest BCUT2D eigenvalue weighted by Gasteiger charge is -2.40. The molecule has 0 unspecified atom stereocenters. The van der Waals surface area contributed by atoms with Crippen molar-refractivity contribution in [3.63, 3.8) is 0 Å². The molecule has 1 aromatic carbocycles. The van der Waals surface area contributed by atoms with Crippen molar-refractivity contribution in [2.45, 2.75) is 58.0 Å². The standard InChI is InChI=1S/C29H34N4O2/c1-20-10-8-16-30-26(20)24-14-7-15-25(31-24)27-21(2)11-9-18-32(27)17-5-6-19-33-28(34)22-12-3-4-13-23(22)29(33)35/h3-4,8-13,16,24-25,31H,5-7,14-15,17-19H2,1-2H3/t24-,25+/m0/s1. The number of nitrogens with zero attached hydrogens (tertiary/aromatic N) is 3. The molecule has 1 N–H and O–H groups in total. The maximum atomic E-state index is 12.6. The largest absolute Gasteiger partial charge is 0.370 e. The molecule has 0 radical (unpaired) electrons. The molecule has 6 heteroatoms. The summed E-state index contributed by atoms with van der Waals surface area (Å²) < 4.78 is 0. The summed E-state index contributed by atoms with van der Waals surface area (Å²) in [4.78, 5) is 33.8. The molecule has 35 heavy (non-hydrogen) atoms. The average molecular weight is 471 g/mol. The molecule has 3 aliphatic heterocycles. The lowest BCUT2D eigenvalue weighted by atomic mass is 9.90. The van der Waals surface area contributed by atoms with Crippen LogP contribution in [0.1, 0.15) is 77.0 Å². The quantitative estimate of drug-likeness (QED) is 0.465. The van der Waals surface area contributed by atoms with E-state index < -0.39 is 0 Å². The van der Waals surface area contributed by atoms with Crippen molar-refractivity contribution in [3.8, 4) is 0 Å². The monoisotopic (exact) mass is 470 g/mol. The molecule has 2 amide bonds. The lowest BCUT2D eigenvalue weighted by molar-refractivity contribution is 0.0650. The number of nitrogens with one attached hydrogen (secondary N) is 1. The maximum absolute atomic E-state index is 12.6. The molecular formula is C29H34N4O2. The Hall–Kier alpha value is -3.25. The van der Waals surface area contributed by atoms with Crippen molar-refractivity contribution in [3.05, 3.63) is 88.4 Å². The van der Waals surface area contributed by atoms with E-state index in [1.807, 2.05) is 24.4 Å². The predicted molar refractivity (Wildman–Crippen MR) is 137 cm³/mol. The number of fused-ring (bicyclic) bond motifs is 1. The van der Waals surface area contributed by atoms with Gasteiger partial charge in [-0.15, -0.1) is 0 Å². The van der Waals surface area contributed by atoms with Crippen molar-refractivity contribution in [2.24, 2.45) is 0 Å². The summed E-state index contributed by atoms with van der Waals surface area (Å²) in [6.07, 6.45) is 11.5. The number of aromatic nitrogens is 1. The number of hydrogen-bond donors (Lipinski definition) is 1. The fourth-order valence-electron chi connectivity index (χ4n) is 5.74. The number of carbonyl (C=O) groups excluding carboxylic acids is 2. The molecule has 1 saturated heterocycles. The first-order valence-electron chi connectivity index (χ1n) is 12.8. The van der Waals surface area contributed by atoms with Crippen LogP contribution in [0.25, 0.3) is 0 Å². The predicted octanol–water partition coefficient (Wildman–Crippen LogP) is 4.80. The van der Waals surface area contributed by atoms with Crippen LogP contribution in [0, 0.1) is 6.92 Å². The lowest BCUT2D eigenvalue weighted by Crippen LogP contribution is -2.45. The van der Waals surface area contributed by atoms with E-state index in [1.54, 1.807) is 12.1 Å². The van der Waals surface area contributed by atoms with E-state index in [0.29, 0.717) is 23.7 Å². The molecule has 1 fully saturated rings. The van der Waals surface area contributed by atoms with Crippen LogP contribution in [0.2, 0.25) is 0 Å². The van der Waals surface area contributed by atoms with Crippen molar-refractivity contribution >= 4 is 11.8 Å². The third kappa shape index (κ3) is 4.67. The highest BCUT2D eigenvalue weighted by Crippen LogP contribution is 2.32. The number of aryl methyl sites for hydroxylation is 1. The molecule has 0 spiro atoms. The molecule has 5 rings (SSSR count). The number of pyridine rings is 1. The van der Waals surface area contributed by atoms with Crippen LogP contribution >= 0.6 is 0 Å². The Balaban J connectivity index is 1.20. The molecule has 4 heterocycles. The Bertz CT molecular complexity index is 1150. The maximum Gasteiger partial charge on any atom is 0.261 e. The van der Waals surface area contributed by atoms with Crippen LogP contribution in [-0.2, 0) is 0 Å². The molecule has 3 aliphatic rings. The van der Waals surface area contributed by atoms with Gasteiger partial charge in [0, 0.05) is 37.6 Å². The molecule has 2 aromatic rings. The van der Waals surface area contributed by atoms with Crippen LogP contribution in [-0.4, -0.2) is 52.3 Å². The Kier molecular flexibility index (Phi) is 6.82. The summed E-state index contributed by atoms with van der Waals surface area (Å²) in [7, 11) is 0. The van der Waals surface area contributed by atoms with Crippen LogP contribution in [0.3, 0.4) is 0 Å². The first-order chi connectivity index (χ1) is 17.0. The summed E-state index contributed by atoms with van der Waals surface area (Å²) in [6.45, 7) is 6.61. The summed E-state index contributed by atoms with van der Waals surface area (Å²) in [6, 6.07) is 11.8. The normalized spacial score (nSPS) is 22.2. The minimum atomic E-state index is -0.162. The number of rotatable bonds is 7. The highest BCUT2D eigenvalue weighted by Gasteiger charge is 2.35. The van der Waals surface area contributed by atoms with Crippen molar-refractivity contribution in [1.29, 1.82) is 0 Å². The second kappa shape index (κ2) is 10.2. The van der Waals surface area contributed by atoms with Gasteiger partial charge in [0.05, 0.1) is 22.9 Å². The first-order valence-corrected chi connectivity index (χ1v) is 12.8. The SMILES string of the molecule is CC1=C([C@H]2CCC[C@@H](c3ncccc3C)N2)N(CCCCN2C(=O)c3ccccc3C2=O)CC=C1. The van der Waals surface area contributed by atoms with E-state index in [-0.39, 0.29) is 17.9 Å². The third-order valence-electron chi connectivity index (χ3n) is 7.47. The smallest absolute Gasteiger partial charge is 0.261 e. The molecule has 0 saturated carbocycles. The van der Waals surface area contributed by atoms with E-state index in [9.17, 15) is 9.59 Å². The molecule has 182 valence electrons. The third-order valence-corrected chi connectivity index (χ3v) is 7.47. The fraction of sp³-hybridized carbons (Fsp3) is 0.414. The number of piperidine rings is 1. The number of amides is 2. The molecule has 0 aliphatic carbocycles. The zero-order valence-electron chi connectivity index (χ0n) is 20.7. The second-order valence-electron chi connectivity index (χ2n) is 9.84. The van der Waals surface area contributed by atoms with Gasteiger partial charge in [0.25, 0.3) is 11.8 Å². The van der Waals surface area contributed by atoms with Gasteiger partial charge in [0.1, 0.15) is 0 Å². The van der Waals surface area contributed by atoms with Gasteiger partial charge < -0.3 is 10.2 Å². The van der Waals surface area contributed by atoms with E-state index in [0.717, 1.165) is 44.5 Å². The Labute approximate surface area is 207 Å². The summed E-state index contributed by atoms with van der Waals surface area (Å²) >= 11 is 0. The zero-order chi connectivity index (χ0) is 24.4. The number of imide groups is 1. The van der Waals surface area contributed by atoms with Gasteiger partial charge >= 0.3 is 0 Å². The number of hydrogen-bond acceptors (Lipinski definition) is 5. The molecule has 6 nitrogen and oxygen atoms in total. The Morgan fingerprint density at radius 1 is 0.943 bits per heavy atom. The van der Waals surface area contributed by atoms with Crippen LogP contribution < -0.4 is 5.32 Å². The van der Waals surface area contributed by atoms with E-state index in [4.69, 9.17) is 0 Å². The Morgan fingerprint density at radius 2 is 1.66 bits per heavy atom. The van der Waals surface area contributed by atoms with E-state index >= 15 is 0 Å². The van der Waals surface area contributed by atoms with E-state index in [2.05, 4.69) is 47.3 Å². The number of allylic oxidation sites excluding steroid dienone is 2. The van der Waals surface area contributed by atoms with Gasteiger partial charge in [-0.1, -0.05) is 30.4 Å². The first kappa shape index (κ1) is 23.5. The summed E-state index contributed by atoms with van der Waals surface area (Å²) in [5.74, 6) is -0.324. The highest BCUT2D eigenvalue weighted by molar-refractivity contribution is 6.21. The highest BCUT2D eigenvalue weighted by atomic mass is 16.2. The fourth-order valence-corrected chi connectivity index (χ4v) is 5.74. The van der Waals surface area contributed by atoms with Gasteiger partial charge in [-0.25, -0.2) is 0 Å². The van der Waals surface area contributed by atoms with Crippen LogP contribution in [0.5, 0.6) is 0 Å². The molecular weight excluding hydrogens is 436 g/mol.